The zero-order chi connectivity index (χ0) is 20.2. The van der Waals surface area contributed by atoms with Crippen LogP contribution in [0.15, 0.2) is 53.3 Å². The van der Waals surface area contributed by atoms with Crippen LogP contribution >= 0.6 is 0 Å². The van der Waals surface area contributed by atoms with Gasteiger partial charge < -0.3 is 14.6 Å². The summed E-state index contributed by atoms with van der Waals surface area (Å²) in [6.07, 6.45) is 1.52. The predicted molar refractivity (Wildman–Crippen MR) is 102 cm³/mol. The van der Waals surface area contributed by atoms with Crippen LogP contribution in [0.3, 0.4) is 0 Å². The molecular weight excluding hydrogens is 374 g/mol. The number of rotatable bonds is 6. The van der Waals surface area contributed by atoms with Gasteiger partial charge in [-0.05, 0) is 65.4 Å². The molecule has 2 heterocycles. The van der Waals surface area contributed by atoms with Gasteiger partial charge in [0.2, 0.25) is 11.7 Å². The van der Waals surface area contributed by atoms with Crippen LogP contribution in [0.5, 0.6) is 5.75 Å². The molecule has 2 aromatic carbocycles. The number of amides is 1. The maximum absolute atomic E-state index is 12.5. The Morgan fingerprint density at radius 2 is 2.00 bits per heavy atom. The van der Waals surface area contributed by atoms with Gasteiger partial charge in [0.15, 0.2) is 6.61 Å². The number of tetrazole rings is 1. The molecule has 10 nitrogen and oxygen atoms in total. The Bertz CT molecular complexity index is 1120. The smallest absolute Gasteiger partial charge is 0.255 e. The third-order valence-corrected chi connectivity index (χ3v) is 4.10. The van der Waals surface area contributed by atoms with Crippen molar-refractivity contribution in [1.29, 1.82) is 0 Å². The Balaban J connectivity index is 1.38. The molecule has 0 aliphatic heterocycles. The molecule has 0 aliphatic rings. The zero-order valence-corrected chi connectivity index (χ0v) is 15.7. The van der Waals surface area contributed by atoms with E-state index in [2.05, 4.69) is 31.0 Å². The molecule has 0 bridgehead atoms. The van der Waals surface area contributed by atoms with E-state index in [1.54, 1.807) is 41.9 Å². The van der Waals surface area contributed by atoms with Crippen molar-refractivity contribution in [3.05, 3.63) is 71.6 Å². The first kappa shape index (κ1) is 18.3. The quantitative estimate of drug-likeness (QED) is 0.532. The number of anilines is 1. The minimum Gasteiger partial charge on any atom is -0.485 e. The van der Waals surface area contributed by atoms with Crippen molar-refractivity contribution < 1.29 is 14.1 Å². The minimum absolute atomic E-state index is 0.190. The number of nitrogens with one attached hydrogen (secondary N) is 1. The second-order valence-corrected chi connectivity index (χ2v) is 6.25. The molecule has 4 rings (SSSR count). The zero-order valence-electron chi connectivity index (χ0n) is 15.7. The predicted octanol–water partition coefficient (Wildman–Crippen LogP) is 2.49. The average Bonchev–Trinajstić information content (AvgIpc) is 3.39. The van der Waals surface area contributed by atoms with Crippen molar-refractivity contribution in [1.82, 2.24) is 30.3 Å². The normalized spacial score (nSPS) is 10.7. The van der Waals surface area contributed by atoms with Crippen LogP contribution in [0.1, 0.15) is 27.6 Å². The summed E-state index contributed by atoms with van der Waals surface area (Å²) < 4.78 is 12.0. The lowest BCUT2D eigenvalue weighted by molar-refractivity contribution is 0.102. The molecule has 1 amide bonds. The lowest BCUT2D eigenvalue weighted by Gasteiger charge is -2.10. The Kier molecular flexibility index (Phi) is 4.97. The van der Waals surface area contributed by atoms with Crippen molar-refractivity contribution in [3.8, 4) is 11.4 Å². The highest BCUT2D eigenvalue weighted by molar-refractivity contribution is 6.04. The molecule has 0 fully saturated rings. The topological polar surface area (TPSA) is 121 Å². The van der Waals surface area contributed by atoms with Gasteiger partial charge in [-0.3, -0.25) is 4.79 Å². The van der Waals surface area contributed by atoms with E-state index in [1.807, 2.05) is 19.1 Å². The van der Waals surface area contributed by atoms with Crippen molar-refractivity contribution in [3.63, 3.8) is 0 Å². The maximum atomic E-state index is 12.5. The van der Waals surface area contributed by atoms with E-state index in [1.165, 1.54) is 6.33 Å². The molecule has 0 saturated carbocycles. The molecule has 0 unspecified atom stereocenters. The lowest BCUT2D eigenvalue weighted by Crippen LogP contribution is -2.12. The molecule has 1 N–H and O–H groups in total. The van der Waals surface area contributed by atoms with Crippen LogP contribution in [0.2, 0.25) is 0 Å². The largest absolute Gasteiger partial charge is 0.485 e. The molecule has 2 aromatic heterocycles. The second kappa shape index (κ2) is 7.89. The van der Waals surface area contributed by atoms with Crippen LogP contribution < -0.4 is 10.1 Å². The molecule has 10 heteroatoms. The van der Waals surface area contributed by atoms with Gasteiger partial charge in [0, 0.05) is 18.2 Å². The number of carbonyl (C=O) groups excluding carboxylic acids is 1. The van der Waals surface area contributed by atoms with Gasteiger partial charge in [0.25, 0.3) is 5.91 Å². The standard InChI is InChI=1S/C19H17N7O3/c1-12-9-15(5-8-17(12)26-11-20-24-25-26)22-19(27)14-3-6-16(7-4-14)28-10-18-21-13(2)29-23-18/h3-9,11H,10H2,1-2H3,(H,22,27). The Morgan fingerprint density at radius 3 is 2.66 bits per heavy atom. The molecule has 146 valence electrons. The summed E-state index contributed by atoms with van der Waals surface area (Å²) in [7, 11) is 0. The fourth-order valence-electron chi connectivity index (χ4n) is 2.72. The Labute approximate surface area is 165 Å². The van der Waals surface area contributed by atoms with Gasteiger partial charge in [-0.15, -0.1) is 5.10 Å². The lowest BCUT2D eigenvalue weighted by atomic mass is 10.1. The maximum Gasteiger partial charge on any atom is 0.255 e. The fraction of sp³-hybridized carbons (Fsp3) is 0.158. The number of hydrogen-bond acceptors (Lipinski definition) is 8. The van der Waals surface area contributed by atoms with Gasteiger partial charge >= 0.3 is 0 Å². The van der Waals surface area contributed by atoms with E-state index in [-0.39, 0.29) is 12.5 Å². The minimum atomic E-state index is -0.222. The number of carbonyl (C=O) groups is 1. The first-order valence-corrected chi connectivity index (χ1v) is 8.76. The molecule has 0 saturated heterocycles. The summed E-state index contributed by atoms with van der Waals surface area (Å²) >= 11 is 0. The van der Waals surface area contributed by atoms with E-state index < -0.39 is 0 Å². The first-order chi connectivity index (χ1) is 14.1. The molecule has 0 spiro atoms. The summed E-state index contributed by atoms with van der Waals surface area (Å²) in [5, 5.41) is 17.8. The van der Waals surface area contributed by atoms with E-state index in [9.17, 15) is 4.79 Å². The first-order valence-electron chi connectivity index (χ1n) is 8.76. The van der Waals surface area contributed by atoms with E-state index in [4.69, 9.17) is 9.26 Å². The van der Waals surface area contributed by atoms with Gasteiger partial charge in [0.05, 0.1) is 5.69 Å². The van der Waals surface area contributed by atoms with Gasteiger partial charge in [-0.1, -0.05) is 5.16 Å². The highest BCUT2D eigenvalue weighted by Crippen LogP contribution is 2.19. The number of ether oxygens (including phenoxy) is 1. The number of hydrogen-bond donors (Lipinski definition) is 1. The second-order valence-electron chi connectivity index (χ2n) is 6.25. The third kappa shape index (κ3) is 4.26. The van der Waals surface area contributed by atoms with Gasteiger partial charge in [0.1, 0.15) is 12.1 Å². The van der Waals surface area contributed by atoms with E-state index in [0.29, 0.717) is 28.7 Å². The third-order valence-electron chi connectivity index (χ3n) is 4.10. The molecular formula is C19H17N7O3. The SMILES string of the molecule is Cc1nc(COc2ccc(C(=O)Nc3ccc(-n4cnnn4)c(C)c3)cc2)no1. The number of aryl methyl sites for hydroxylation is 2. The van der Waals surface area contributed by atoms with Gasteiger partial charge in [-0.2, -0.15) is 4.98 Å². The van der Waals surface area contributed by atoms with Crippen LogP contribution in [0.25, 0.3) is 5.69 Å². The van der Waals surface area contributed by atoms with Crippen molar-refractivity contribution >= 4 is 11.6 Å². The molecule has 0 aliphatic carbocycles. The summed E-state index contributed by atoms with van der Waals surface area (Å²) in [5.74, 6) is 1.33. The molecule has 4 aromatic rings. The molecule has 0 radical (unpaired) electrons. The average molecular weight is 391 g/mol. The van der Waals surface area contributed by atoms with Crippen molar-refractivity contribution in [2.45, 2.75) is 20.5 Å². The molecule has 0 atom stereocenters. The van der Waals surface area contributed by atoms with Crippen LogP contribution in [-0.4, -0.2) is 36.3 Å². The summed E-state index contributed by atoms with van der Waals surface area (Å²) in [5.41, 5.74) is 2.95. The number of benzene rings is 2. The Morgan fingerprint density at radius 1 is 1.17 bits per heavy atom. The van der Waals surface area contributed by atoms with E-state index in [0.717, 1.165) is 11.3 Å². The summed E-state index contributed by atoms with van der Waals surface area (Å²) in [6.45, 7) is 3.82. The molecule has 29 heavy (non-hydrogen) atoms. The fourth-order valence-corrected chi connectivity index (χ4v) is 2.72. The monoisotopic (exact) mass is 391 g/mol. The summed E-state index contributed by atoms with van der Waals surface area (Å²) in [6, 6.07) is 12.3. The van der Waals surface area contributed by atoms with Crippen LogP contribution in [-0.2, 0) is 6.61 Å². The van der Waals surface area contributed by atoms with Crippen LogP contribution in [0, 0.1) is 13.8 Å². The van der Waals surface area contributed by atoms with Gasteiger partial charge in [-0.25, -0.2) is 4.68 Å². The van der Waals surface area contributed by atoms with Crippen molar-refractivity contribution in [2.24, 2.45) is 0 Å². The van der Waals surface area contributed by atoms with Crippen LogP contribution in [0.4, 0.5) is 5.69 Å². The highest BCUT2D eigenvalue weighted by atomic mass is 16.5. The van der Waals surface area contributed by atoms with E-state index >= 15 is 0 Å². The Hall–Kier alpha value is -4.08. The van der Waals surface area contributed by atoms with Crippen molar-refractivity contribution in [2.75, 3.05) is 5.32 Å². The number of aromatic nitrogens is 6. The number of nitrogens with zero attached hydrogens (tertiary/aromatic N) is 6. The highest BCUT2D eigenvalue weighted by Gasteiger charge is 2.09. The summed E-state index contributed by atoms with van der Waals surface area (Å²) in [4.78, 5) is 16.6.